The Morgan fingerprint density at radius 3 is 2.50 bits per heavy atom. The van der Waals surface area contributed by atoms with Gasteiger partial charge in [-0.05, 0) is 45.7 Å². The largest absolute Gasteiger partial charge is 0.303 e. The van der Waals surface area contributed by atoms with E-state index in [2.05, 4.69) is 38.1 Å². The molecule has 0 spiro atoms. The van der Waals surface area contributed by atoms with Crippen LogP contribution in [0.4, 0.5) is 0 Å². The highest BCUT2D eigenvalue weighted by Crippen LogP contribution is 2.26. The van der Waals surface area contributed by atoms with Gasteiger partial charge in [-0.25, -0.2) is 0 Å². The van der Waals surface area contributed by atoms with Gasteiger partial charge in [0.15, 0.2) is 0 Å². The minimum absolute atomic E-state index is 0.566. The van der Waals surface area contributed by atoms with Crippen LogP contribution >= 0.6 is 0 Å². The second-order valence-corrected chi connectivity index (χ2v) is 5.16. The Labute approximate surface area is 101 Å². The van der Waals surface area contributed by atoms with Crippen LogP contribution in [0, 0.1) is 5.92 Å². The molecule has 90 valence electrons. The Hall–Kier alpha value is -0.820. The Bertz CT molecular complexity index is 284. The summed E-state index contributed by atoms with van der Waals surface area (Å²) in [6.45, 7) is 13.4. The van der Waals surface area contributed by atoms with Crippen molar-refractivity contribution in [3.8, 4) is 0 Å². The third-order valence-corrected chi connectivity index (χ3v) is 3.30. The topological polar surface area (TPSA) is 3.24 Å². The number of nitrogens with zero attached hydrogens (tertiary/aromatic N) is 1. The molecule has 1 rings (SSSR count). The van der Waals surface area contributed by atoms with Gasteiger partial charge in [0.1, 0.15) is 0 Å². The first-order valence-electron chi connectivity index (χ1n) is 6.23. The van der Waals surface area contributed by atoms with Gasteiger partial charge in [0.25, 0.3) is 0 Å². The Balaban J connectivity index is 2.25. The molecule has 1 unspecified atom stereocenters. The van der Waals surface area contributed by atoms with E-state index in [0.29, 0.717) is 5.92 Å². The molecule has 0 bridgehead atoms. The van der Waals surface area contributed by atoms with Crippen molar-refractivity contribution in [3.05, 3.63) is 36.5 Å². The van der Waals surface area contributed by atoms with Gasteiger partial charge in [0, 0.05) is 6.04 Å². The van der Waals surface area contributed by atoms with Gasteiger partial charge in [0.05, 0.1) is 0 Å². The average molecular weight is 219 g/mol. The summed E-state index contributed by atoms with van der Waals surface area (Å²) in [5.41, 5.74) is 2.30. The minimum Gasteiger partial charge on any atom is -0.303 e. The number of hydrogen-bond acceptors (Lipinski definition) is 1. The van der Waals surface area contributed by atoms with E-state index in [4.69, 9.17) is 0 Å². The lowest BCUT2D eigenvalue weighted by Crippen LogP contribution is -2.23. The molecule has 0 heterocycles. The Morgan fingerprint density at radius 1 is 1.38 bits per heavy atom. The normalized spacial score (nSPS) is 18.0. The van der Waals surface area contributed by atoms with E-state index >= 15 is 0 Å². The lowest BCUT2D eigenvalue weighted by molar-refractivity contribution is 0.305. The van der Waals surface area contributed by atoms with Crippen LogP contribution in [0.5, 0.6) is 0 Å². The maximum atomic E-state index is 4.12. The van der Waals surface area contributed by atoms with Crippen molar-refractivity contribution in [1.29, 1.82) is 0 Å². The summed E-state index contributed by atoms with van der Waals surface area (Å²) in [7, 11) is 2.23. The Kier molecular flexibility index (Phi) is 5.01. The van der Waals surface area contributed by atoms with Crippen molar-refractivity contribution in [2.24, 2.45) is 5.92 Å². The maximum absolute atomic E-state index is 4.12. The van der Waals surface area contributed by atoms with E-state index < -0.39 is 0 Å². The van der Waals surface area contributed by atoms with Crippen LogP contribution in [0.2, 0.25) is 0 Å². The predicted octanol–water partition coefficient (Wildman–Crippen LogP) is 3.80. The van der Waals surface area contributed by atoms with E-state index in [9.17, 15) is 0 Å². The van der Waals surface area contributed by atoms with Crippen molar-refractivity contribution >= 4 is 0 Å². The molecule has 1 aliphatic carbocycles. The first kappa shape index (κ1) is 13.2. The van der Waals surface area contributed by atoms with E-state index in [-0.39, 0.29) is 0 Å². The number of allylic oxidation sites excluding steroid dienone is 4. The summed E-state index contributed by atoms with van der Waals surface area (Å²) >= 11 is 0. The molecule has 0 aromatic rings. The van der Waals surface area contributed by atoms with E-state index in [1.165, 1.54) is 31.4 Å². The Morgan fingerprint density at radius 2 is 2.00 bits per heavy atom. The molecule has 1 atom stereocenters. The molecule has 0 amide bonds. The molecular formula is C15H25N. The van der Waals surface area contributed by atoms with Crippen molar-refractivity contribution in [2.75, 3.05) is 13.6 Å². The van der Waals surface area contributed by atoms with Gasteiger partial charge in [-0.3, -0.25) is 0 Å². The number of rotatable bonds is 7. The summed E-state index contributed by atoms with van der Waals surface area (Å²) in [5, 5.41) is 0. The van der Waals surface area contributed by atoms with Gasteiger partial charge in [-0.15, -0.1) is 0 Å². The molecule has 0 N–H and O–H groups in total. The SMILES string of the molecule is C=C(C)/C=C\C(=C)C(C)CCN(C)C1CC1. The fraction of sp³-hybridized carbons (Fsp3) is 0.600. The average Bonchev–Trinajstić information content (AvgIpc) is 3.05. The van der Waals surface area contributed by atoms with Crippen LogP contribution in [0.25, 0.3) is 0 Å². The summed E-state index contributed by atoms with van der Waals surface area (Å²) in [6, 6.07) is 0.867. The van der Waals surface area contributed by atoms with Crippen molar-refractivity contribution < 1.29 is 0 Å². The lowest BCUT2D eigenvalue weighted by atomic mass is 9.98. The monoisotopic (exact) mass is 219 g/mol. The molecule has 0 aromatic heterocycles. The van der Waals surface area contributed by atoms with Crippen LogP contribution in [-0.2, 0) is 0 Å². The van der Waals surface area contributed by atoms with Gasteiger partial charge < -0.3 is 4.90 Å². The quantitative estimate of drug-likeness (QED) is 0.589. The molecule has 0 radical (unpaired) electrons. The van der Waals surface area contributed by atoms with E-state index in [1.54, 1.807) is 0 Å². The molecule has 1 aliphatic rings. The zero-order valence-electron chi connectivity index (χ0n) is 11.0. The van der Waals surface area contributed by atoms with E-state index in [1.807, 2.05) is 13.0 Å². The second kappa shape index (κ2) is 6.05. The summed E-state index contributed by atoms with van der Waals surface area (Å²) in [4.78, 5) is 2.48. The molecule has 1 heteroatoms. The predicted molar refractivity (Wildman–Crippen MR) is 72.5 cm³/mol. The first-order valence-corrected chi connectivity index (χ1v) is 6.23. The van der Waals surface area contributed by atoms with Gasteiger partial charge in [-0.2, -0.15) is 0 Å². The highest BCUT2D eigenvalue weighted by molar-refractivity contribution is 5.24. The highest BCUT2D eigenvalue weighted by atomic mass is 15.1. The summed E-state index contributed by atoms with van der Waals surface area (Å²) < 4.78 is 0. The third kappa shape index (κ3) is 4.80. The van der Waals surface area contributed by atoms with Crippen LogP contribution in [-0.4, -0.2) is 24.5 Å². The van der Waals surface area contributed by atoms with Crippen LogP contribution in [0.1, 0.15) is 33.1 Å². The molecular weight excluding hydrogens is 194 g/mol. The zero-order chi connectivity index (χ0) is 12.1. The second-order valence-electron chi connectivity index (χ2n) is 5.16. The smallest absolute Gasteiger partial charge is 0.00933 e. The van der Waals surface area contributed by atoms with Gasteiger partial charge in [0.2, 0.25) is 0 Å². The molecule has 1 saturated carbocycles. The molecule has 1 fully saturated rings. The third-order valence-electron chi connectivity index (χ3n) is 3.30. The minimum atomic E-state index is 0.566. The summed E-state index contributed by atoms with van der Waals surface area (Å²) in [6.07, 6.45) is 8.13. The molecule has 0 aliphatic heterocycles. The zero-order valence-corrected chi connectivity index (χ0v) is 11.0. The van der Waals surface area contributed by atoms with Gasteiger partial charge >= 0.3 is 0 Å². The fourth-order valence-electron chi connectivity index (χ4n) is 1.69. The van der Waals surface area contributed by atoms with Crippen molar-refractivity contribution in [3.63, 3.8) is 0 Å². The van der Waals surface area contributed by atoms with Crippen LogP contribution < -0.4 is 0 Å². The lowest BCUT2D eigenvalue weighted by Gasteiger charge is -2.19. The van der Waals surface area contributed by atoms with Crippen molar-refractivity contribution in [2.45, 2.75) is 39.2 Å². The molecule has 0 saturated heterocycles. The fourth-order valence-corrected chi connectivity index (χ4v) is 1.69. The number of hydrogen-bond donors (Lipinski definition) is 0. The molecule has 16 heavy (non-hydrogen) atoms. The maximum Gasteiger partial charge on any atom is 0.00933 e. The first-order chi connectivity index (χ1) is 7.50. The van der Waals surface area contributed by atoms with Crippen LogP contribution in [0.15, 0.2) is 36.5 Å². The van der Waals surface area contributed by atoms with E-state index in [0.717, 1.165) is 11.6 Å². The van der Waals surface area contributed by atoms with Gasteiger partial charge in [-0.1, -0.05) is 43.4 Å². The summed E-state index contributed by atoms with van der Waals surface area (Å²) in [5.74, 6) is 0.566. The van der Waals surface area contributed by atoms with Crippen LogP contribution in [0.3, 0.4) is 0 Å². The van der Waals surface area contributed by atoms with Crippen molar-refractivity contribution in [1.82, 2.24) is 4.90 Å². The highest BCUT2D eigenvalue weighted by Gasteiger charge is 2.25. The standard InChI is InChI=1S/C15H25N/c1-12(2)6-7-13(3)14(4)10-11-16(5)15-8-9-15/h6-7,14-15H,1,3,8-11H2,2,4-5H3/b7-6-. The molecule has 1 nitrogen and oxygen atoms in total. The molecule has 0 aromatic carbocycles.